The minimum Gasteiger partial charge on any atom is -0.491 e. The van der Waals surface area contributed by atoms with Gasteiger partial charge in [-0.3, -0.25) is 0 Å². The highest BCUT2D eigenvalue weighted by molar-refractivity contribution is 5.31. The van der Waals surface area contributed by atoms with Crippen molar-refractivity contribution in [3.05, 3.63) is 24.3 Å². The SMILES string of the molecule is CN1CCN(CC[C@@H](O)COc2ccc(OC[C@@H](O)CCN3CCN(C)CC3)cc2)CC1. The van der Waals surface area contributed by atoms with E-state index in [0.717, 1.165) is 78.3 Å². The quantitative estimate of drug-likeness (QED) is 0.476. The molecule has 8 nitrogen and oxygen atoms in total. The third kappa shape index (κ3) is 9.21. The van der Waals surface area contributed by atoms with E-state index in [9.17, 15) is 10.2 Å². The summed E-state index contributed by atoms with van der Waals surface area (Å²) in [5.41, 5.74) is 0. The Balaban J connectivity index is 1.26. The molecule has 2 atom stereocenters. The number of hydrogen-bond acceptors (Lipinski definition) is 8. The van der Waals surface area contributed by atoms with Gasteiger partial charge in [0.1, 0.15) is 24.7 Å². The maximum absolute atomic E-state index is 10.2. The number of aliphatic hydroxyl groups is 2. The highest BCUT2D eigenvalue weighted by Gasteiger charge is 2.16. The number of hydrogen-bond donors (Lipinski definition) is 2. The van der Waals surface area contributed by atoms with Crippen LogP contribution in [0.3, 0.4) is 0 Å². The standard InChI is InChI=1S/C24H42N4O4/c1-25-11-15-27(16-12-25)9-7-21(29)19-31-23-3-5-24(6-4-23)32-20-22(30)8-10-28-17-13-26(2)14-18-28/h3-6,21-22,29-30H,7-20H2,1-2H3/t21-,22+. The summed E-state index contributed by atoms with van der Waals surface area (Å²) in [6, 6.07) is 7.39. The number of aliphatic hydroxyl groups excluding tert-OH is 2. The zero-order valence-corrected chi connectivity index (χ0v) is 19.9. The lowest BCUT2D eigenvalue weighted by atomic mass is 10.2. The van der Waals surface area contributed by atoms with Gasteiger partial charge in [-0.25, -0.2) is 0 Å². The molecule has 0 saturated carbocycles. The van der Waals surface area contributed by atoms with Crippen LogP contribution < -0.4 is 9.47 Å². The number of likely N-dealkylation sites (N-methyl/N-ethyl adjacent to an activating group) is 2. The predicted octanol–water partition coefficient (Wildman–Crippen LogP) is 0.441. The maximum Gasteiger partial charge on any atom is 0.119 e. The van der Waals surface area contributed by atoms with E-state index in [1.54, 1.807) is 0 Å². The van der Waals surface area contributed by atoms with Crippen molar-refractivity contribution in [1.82, 2.24) is 19.6 Å². The Morgan fingerprint density at radius 3 is 1.34 bits per heavy atom. The molecule has 2 saturated heterocycles. The van der Waals surface area contributed by atoms with Gasteiger partial charge >= 0.3 is 0 Å². The zero-order valence-electron chi connectivity index (χ0n) is 19.9. The highest BCUT2D eigenvalue weighted by Crippen LogP contribution is 2.18. The Kier molecular flexibility index (Phi) is 10.5. The summed E-state index contributed by atoms with van der Waals surface area (Å²) in [5.74, 6) is 1.43. The molecule has 2 aliphatic rings. The third-order valence-electron chi connectivity index (χ3n) is 6.46. The molecule has 2 fully saturated rings. The van der Waals surface area contributed by atoms with Gasteiger partial charge in [0.2, 0.25) is 0 Å². The van der Waals surface area contributed by atoms with Crippen molar-refractivity contribution in [3.8, 4) is 11.5 Å². The van der Waals surface area contributed by atoms with Gasteiger partial charge < -0.3 is 39.3 Å². The van der Waals surface area contributed by atoms with Crippen LogP contribution in [0.2, 0.25) is 0 Å². The summed E-state index contributed by atoms with van der Waals surface area (Å²) in [6.07, 6.45) is 0.496. The molecule has 2 heterocycles. The molecule has 0 aliphatic carbocycles. The molecule has 1 aromatic carbocycles. The molecule has 2 N–H and O–H groups in total. The summed E-state index contributed by atoms with van der Waals surface area (Å²) in [7, 11) is 4.29. The van der Waals surface area contributed by atoms with Crippen LogP contribution in [0.4, 0.5) is 0 Å². The first kappa shape index (κ1) is 25.2. The number of rotatable bonds is 12. The van der Waals surface area contributed by atoms with E-state index in [2.05, 4.69) is 33.7 Å². The van der Waals surface area contributed by atoms with Gasteiger partial charge in [0.15, 0.2) is 0 Å². The molecule has 0 amide bonds. The van der Waals surface area contributed by atoms with Crippen LogP contribution in [0.1, 0.15) is 12.8 Å². The number of ether oxygens (including phenoxy) is 2. The van der Waals surface area contributed by atoms with Gasteiger partial charge in [-0.2, -0.15) is 0 Å². The molecule has 182 valence electrons. The lowest BCUT2D eigenvalue weighted by Crippen LogP contribution is -2.45. The number of nitrogens with zero attached hydrogens (tertiary/aromatic N) is 4. The Morgan fingerprint density at radius 1 is 0.656 bits per heavy atom. The molecular formula is C24H42N4O4. The van der Waals surface area contributed by atoms with Crippen molar-refractivity contribution in [3.63, 3.8) is 0 Å². The van der Waals surface area contributed by atoms with Crippen LogP contribution in [0.15, 0.2) is 24.3 Å². The van der Waals surface area contributed by atoms with Crippen molar-refractivity contribution in [2.24, 2.45) is 0 Å². The molecule has 2 aliphatic heterocycles. The van der Waals surface area contributed by atoms with E-state index in [1.165, 1.54) is 0 Å². The van der Waals surface area contributed by atoms with E-state index in [-0.39, 0.29) is 0 Å². The minimum absolute atomic E-state index is 0.291. The Morgan fingerprint density at radius 2 is 1.00 bits per heavy atom. The van der Waals surface area contributed by atoms with E-state index in [1.807, 2.05) is 24.3 Å². The topological polar surface area (TPSA) is 71.9 Å². The fourth-order valence-corrected chi connectivity index (χ4v) is 3.99. The molecule has 3 rings (SSSR count). The van der Waals surface area contributed by atoms with Crippen LogP contribution in [0, 0.1) is 0 Å². The molecule has 0 aromatic heterocycles. The van der Waals surface area contributed by atoms with Gasteiger partial charge in [0, 0.05) is 65.4 Å². The zero-order chi connectivity index (χ0) is 22.8. The number of piperazine rings is 2. The molecule has 0 unspecified atom stereocenters. The van der Waals surface area contributed by atoms with Gasteiger partial charge in [0.05, 0.1) is 12.2 Å². The third-order valence-corrected chi connectivity index (χ3v) is 6.46. The van der Waals surface area contributed by atoms with Crippen LogP contribution >= 0.6 is 0 Å². The minimum atomic E-state index is -0.471. The Bertz CT molecular complexity index is 576. The molecule has 32 heavy (non-hydrogen) atoms. The van der Waals surface area contributed by atoms with E-state index in [0.29, 0.717) is 24.7 Å². The van der Waals surface area contributed by atoms with Gasteiger partial charge in [-0.15, -0.1) is 0 Å². The molecule has 8 heteroatoms. The first-order chi connectivity index (χ1) is 15.5. The normalized spacial score (nSPS) is 21.4. The second-order valence-electron chi connectivity index (χ2n) is 9.27. The highest BCUT2D eigenvalue weighted by atomic mass is 16.5. The maximum atomic E-state index is 10.2. The summed E-state index contributed by atoms with van der Waals surface area (Å²) in [5, 5.41) is 20.5. The van der Waals surface area contributed by atoms with Crippen molar-refractivity contribution >= 4 is 0 Å². The molecule has 0 radical (unpaired) electrons. The van der Waals surface area contributed by atoms with Crippen molar-refractivity contribution in [2.45, 2.75) is 25.0 Å². The van der Waals surface area contributed by atoms with Crippen LogP contribution in [-0.2, 0) is 0 Å². The summed E-state index contributed by atoms with van der Waals surface area (Å²) in [4.78, 5) is 9.46. The van der Waals surface area contributed by atoms with Crippen LogP contribution in [-0.4, -0.2) is 135 Å². The monoisotopic (exact) mass is 450 g/mol. The first-order valence-electron chi connectivity index (χ1n) is 12.0. The second kappa shape index (κ2) is 13.3. The van der Waals surface area contributed by atoms with Gasteiger partial charge in [-0.1, -0.05) is 0 Å². The van der Waals surface area contributed by atoms with Crippen molar-refractivity contribution < 1.29 is 19.7 Å². The van der Waals surface area contributed by atoms with Crippen LogP contribution in [0.5, 0.6) is 11.5 Å². The summed E-state index contributed by atoms with van der Waals surface area (Å²) < 4.78 is 11.5. The average Bonchev–Trinajstić information content (AvgIpc) is 2.81. The largest absolute Gasteiger partial charge is 0.491 e. The van der Waals surface area contributed by atoms with Crippen molar-refractivity contribution in [2.75, 3.05) is 92.8 Å². The summed E-state index contributed by atoms with van der Waals surface area (Å²) in [6.45, 7) is 11.0. The lowest BCUT2D eigenvalue weighted by Gasteiger charge is -2.32. The summed E-state index contributed by atoms with van der Waals surface area (Å²) >= 11 is 0. The molecule has 1 aromatic rings. The fraction of sp³-hybridized carbons (Fsp3) is 0.750. The second-order valence-corrected chi connectivity index (χ2v) is 9.27. The molecule has 0 bridgehead atoms. The lowest BCUT2D eigenvalue weighted by molar-refractivity contribution is 0.0761. The first-order valence-corrected chi connectivity index (χ1v) is 12.0. The van der Waals surface area contributed by atoms with E-state index in [4.69, 9.17) is 9.47 Å². The number of benzene rings is 1. The fourth-order valence-electron chi connectivity index (χ4n) is 3.99. The molecule has 0 spiro atoms. The van der Waals surface area contributed by atoms with E-state index < -0.39 is 12.2 Å². The Labute approximate surface area is 193 Å². The Hall–Kier alpha value is -1.42. The van der Waals surface area contributed by atoms with Gasteiger partial charge in [-0.05, 0) is 51.2 Å². The van der Waals surface area contributed by atoms with Crippen molar-refractivity contribution in [1.29, 1.82) is 0 Å². The molecular weight excluding hydrogens is 408 g/mol. The smallest absolute Gasteiger partial charge is 0.119 e. The van der Waals surface area contributed by atoms with Gasteiger partial charge in [0.25, 0.3) is 0 Å². The average molecular weight is 451 g/mol. The van der Waals surface area contributed by atoms with E-state index >= 15 is 0 Å². The van der Waals surface area contributed by atoms with Crippen LogP contribution in [0.25, 0.3) is 0 Å². The predicted molar refractivity (Wildman–Crippen MR) is 127 cm³/mol.